The van der Waals surface area contributed by atoms with Crippen LogP contribution in [-0.4, -0.2) is 40.6 Å². The summed E-state index contributed by atoms with van der Waals surface area (Å²) >= 11 is 1.54. The summed E-state index contributed by atoms with van der Waals surface area (Å²) in [6.45, 7) is 1.84. The highest BCUT2D eigenvalue weighted by atomic mass is 32.2. The van der Waals surface area contributed by atoms with Gasteiger partial charge in [-0.15, -0.1) is 11.3 Å². The van der Waals surface area contributed by atoms with Crippen molar-refractivity contribution in [2.24, 2.45) is 0 Å². The third-order valence-corrected chi connectivity index (χ3v) is 9.59. The zero-order valence-electron chi connectivity index (χ0n) is 20.7. The predicted molar refractivity (Wildman–Crippen MR) is 150 cm³/mol. The van der Waals surface area contributed by atoms with Crippen molar-refractivity contribution in [1.29, 1.82) is 0 Å². The molecule has 4 heterocycles. The molecule has 1 fully saturated rings. The van der Waals surface area contributed by atoms with Gasteiger partial charge in [0.05, 0.1) is 50.8 Å². The quantitative estimate of drug-likeness (QED) is 0.312. The molecular weight excluding hydrogens is 516 g/mol. The number of carbonyl (C=O) groups excluding carboxylic acids is 1. The molecule has 1 atom stereocenters. The van der Waals surface area contributed by atoms with E-state index in [1.165, 1.54) is 11.3 Å². The molecule has 0 bridgehead atoms. The lowest BCUT2D eigenvalue weighted by Gasteiger charge is -2.20. The van der Waals surface area contributed by atoms with E-state index < -0.39 is 9.84 Å². The van der Waals surface area contributed by atoms with Crippen LogP contribution in [0.3, 0.4) is 0 Å². The van der Waals surface area contributed by atoms with Crippen LogP contribution in [-0.2, 0) is 9.84 Å². The van der Waals surface area contributed by atoms with E-state index in [1.807, 2.05) is 91.2 Å². The molecule has 9 heteroatoms. The fraction of sp³-hybridized carbons (Fsp3) is 0.207. The third-order valence-electron chi connectivity index (χ3n) is 6.95. The molecule has 1 amide bonds. The SMILES string of the molecule is Cc1nn(C2CCS(=O)(=O)C2)c2nc(-c3cccs3)cc(C(=O)NC(c3ccccc3)c3ccccc3)c12. The Morgan fingerprint density at radius 3 is 2.29 bits per heavy atom. The normalized spacial score (nSPS) is 16.7. The molecule has 38 heavy (non-hydrogen) atoms. The third kappa shape index (κ3) is 4.63. The van der Waals surface area contributed by atoms with Gasteiger partial charge in [0.25, 0.3) is 5.91 Å². The van der Waals surface area contributed by atoms with Gasteiger partial charge in [-0.05, 0) is 42.0 Å². The lowest BCUT2D eigenvalue weighted by molar-refractivity contribution is 0.0944. The van der Waals surface area contributed by atoms with Crippen LogP contribution in [0.15, 0.2) is 84.2 Å². The van der Waals surface area contributed by atoms with Crippen molar-refractivity contribution in [3.8, 4) is 10.6 Å². The van der Waals surface area contributed by atoms with Crippen LogP contribution < -0.4 is 5.32 Å². The van der Waals surface area contributed by atoms with Crippen LogP contribution in [0.5, 0.6) is 0 Å². The van der Waals surface area contributed by atoms with E-state index in [4.69, 9.17) is 10.1 Å². The van der Waals surface area contributed by atoms with E-state index in [9.17, 15) is 13.2 Å². The van der Waals surface area contributed by atoms with Crippen LogP contribution in [0.2, 0.25) is 0 Å². The minimum Gasteiger partial charge on any atom is -0.341 e. The summed E-state index contributed by atoms with van der Waals surface area (Å²) in [7, 11) is -3.13. The highest BCUT2D eigenvalue weighted by molar-refractivity contribution is 7.91. The lowest BCUT2D eigenvalue weighted by Crippen LogP contribution is -2.29. The van der Waals surface area contributed by atoms with Gasteiger partial charge in [-0.25, -0.2) is 18.1 Å². The summed E-state index contributed by atoms with van der Waals surface area (Å²) in [6.07, 6.45) is 0.481. The monoisotopic (exact) mass is 542 g/mol. The molecule has 1 aliphatic rings. The van der Waals surface area contributed by atoms with Crippen molar-refractivity contribution < 1.29 is 13.2 Å². The van der Waals surface area contributed by atoms with Gasteiger partial charge >= 0.3 is 0 Å². The van der Waals surface area contributed by atoms with Gasteiger partial charge in [0.15, 0.2) is 15.5 Å². The number of pyridine rings is 1. The lowest BCUT2D eigenvalue weighted by atomic mass is 9.98. The van der Waals surface area contributed by atoms with E-state index in [0.29, 0.717) is 34.4 Å². The summed E-state index contributed by atoms with van der Waals surface area (Å²) in [6, 6.07) is 24.8. The fourth-order valence-electron chi connectivity index (χ4n) is 5.12. The predicted octanol–water partition coefficient (Wildman–Crippen LogP) is 5.35. The number of thiophene rings is 1. The number of hydrogen-bond acceptors (Lipinski definition) is 6. The van der Waals surface area contributed by atoms with Crippen molar-refractivity contribution in [3.05, 3.63) is 107 Å². The van der Waals surface area contributed by atoms with Crippen molar-refractivity contribution >= 4 is 38.1 Å². The number of rotatable bonds is 6. The molecule has 192 valence electrons. The fourth-order valence-corrected chi connectivity index (χ4v) is 7.50. The molecular formula is C29H26N4O3S2. The molecule has 0 saturated carbocycles. The van der Waals surface area contributed by atoms with Crippen molar-refractivity contribution in [3.63, 3.8) is 0 Å². The van der Waals surface area contributed by atoms with Gasteiger partial charge in [0, 0.05) is 0 Å². The molecule has 0 radical (unpaired) electrons. The number of hydrogen-bond donors (Lipinski definition) is 1. The Balaban J connectivity index is 1.48. The van der Waals surface area contributed by atoms with Gasteiger partial charge in [-0.1, -0.05) is 66.7 Å². The van der Waals surface area contributed by atoms with Gasteiger partial charge in [0.2, 0.25) is 0 Å². The number of nitrogens with zero attached hydrogens (tertiary/aromatic N) is 3. The standard InChI is InChI=1S/C29H26N4O3S2/c1-19-26-23(29(34)31-27(20-9-4-2-5-10-20)21-11-6-3-7-12-21)17-24(25-13-8-15-37-25)30-28(26)33(32-19)22-14-16-38(35,36)18-22/h2-13,15,17,22,27H,14,16,18H2,1H3,(H,31,34). The van der Waals surface area contributed by atoms with Crippen molar-refractivity contribution in [2.75, 3.05) is 11.5 Å². The van der Waals surface area contributed by atoms with Crippen LogP contribution >= 0.6 is 11.3 Å². The largest absolute Gasteiger partial charge is 0.341 e. The van der Waals surface area contributed by atoms with Gasteiger partial charge in [-0.3, -0.25) is 4.79 Å². The zero-order chi connectivity index (χ0) is 26.3. The Hall–Kier alpha value is -3.82. The van der Waals surface area contributed by atoms with Crippen molar-refractivity contribution in [2.45, 2.75) is 25.4 Å². The first-order valence-electron chi connectivity index (χ1n) is 12.4. The minimum atomic E-state index is -3.13. The summed E-state index contributed by atoms with van der Waals surface area (Å²) in [5, 5.41) is 10.6. The van der Waals surface area contributed by atoms with E-state index in [2.05, 4.69) is 5.32 Å². The smallest absolute Gasteiger partial charge is 0.252 e. The van der Waals surface area contributed by atoms with Gasteiger partial charge < -0.3 is 5.32 Å². The molecule has 1 aliphatic heterocycles. The molecule has 0 aliphatic carbocycles. The Morgan fingerprint density at radius 2 is 1.71 bits per heavy atom. The molecule has 1 N–H and O–H groups in total. The molecule has 3 aromatic heterocycles. The maximum atomic E-state index is 14.1. The first-order chi connectivity index (χ1) is 18.4. The first-order valence-corrected chi connectivity index (χ1v) is 15.1. The Kier molecular flexibility index (Phi) is 6.33. The number of benzene rings is 2. The highest BCUT2D eigenvalue weighted by Crippen LogP contribution is 2.34. The molecule has 1 saturated heterocycles. The summed E-state index contributed by atoms with van der Waals surface area (Å²) in [5.74, 6) is -0.0828. The maximum absolute atomic E-state index is 14.1. The number of aromatic nitrogens is 3. The molecule has 5 aromatic rings. The number of carbonyl (C=O) groups is 1. The Labute approximate surface area is 225 Å². The summed E-state index contributed by atoms with van der Waals surface area (Å²) < 4.78 is 26.2. The number of aryl methyl sites for hydroxylation is 1. The number of nitrogens with one attached hydrogen (secondary N) is 1. The first kappa shape index (κ1) is 24.5. The second-order valence-corrected chi connectivity index (χ2v) is 12.7. The van der Waals surface area contributed by atoms with Crippen LogP contribution in [0.25, 0.3) is 21.6 Å². The number of fused-ring (bicyclic) bond motifs is 1. The average Bonchev–Trinajstić information content (AvgIpc) is 3.67. The van der Waals surface area contributed by atoms with Crippen LogP contribution in [0, 0.1) is 6.92 Å². The van der Waals surface area contributed by atoms with Gasteiger partial charge in [0.1, 0.15) is 0 Å². The number of sulfone groups is 1. The summed E-state index contributed by atoms with van der Waals surface area (Å²) in [5.41, 5.74) is 4.27. The minimum absolute atomic E-state index is 0.0275. The Morgan fingerprint density at radius 1 is 1.03 bits per heavy atom. The highest BCUT2D eigenvalue weighted by Gasteiger charge is 2.33. The molecule has 7 nitrogen and oxygen atoms in total. The topological polar surface area (TPSA) is 93.9 Å². The van der Waals surface area contributed by atoms with Crippen LogP contribution in [0.4, 0.5) is 0 Å². The molecule has 6 rings (SSSR count). The Bertz CT molecular complexity index is 1670. The second kappa shape index (κ2) is 9.81. The summed E-state index contributed by atoms with van der Waals surface area (Å²) in [4.78, 5) is 19.9. The maximum Gasteiger partial charge on any atom is 0.252 e. The molecule has 2 aromatic carbocycles. The van der Waals surface area contributed by atoms with Crippen molar-refractivity contribution in [1.82, 2.24) is 20.1 Å². The van der Waals surface area contributed by atoms with Gasteiger partial charge in [-0.2, -0.15) is 5.10 Å². The van der Waals surface area contributed by atoms with E-state index in [0.717, 1.165) is 16.0 Å². The average molecular weight is 543 g/mol. The van der Waals surface area contributed by atoms with E-state index in [1.54, 1.807) is 4.68 Å². The van der Waals surface area contributed by atoms with Crippen LogP contribution in [0.1, 0.15) is 45.7 Å². The van der Waals surface area contributed by atoms with E-state index in [-0.39, 0.29) is 29.5 Å². The molecule has 1 unspecified atom stereocenters. The second-order valence-electron chi connectivity index (χ2n) is 9.55. The zero-order valence-corrected chi connectivity index (χ0v) is 22.4. The van der Waals surface area contributed by atoms with E-state index >= 15 is 0 Å². The molecule has 0 spiro atoms. The number of amides is 1.